The maximum atomic E-state index is 13.9. The molecule has 3 aromatic rings. The molecule has 0 aliphatic carbocycles. The number of sulfonamides is 1. The summed E-state index contributed by atoms with van der Waals surface area (Å²) in [7, 11) is -4.14. The van der Waals surface area contributed by atoms with E-state index in [0.29, 0.717) is 29.2 Å². The van der Waals surface area contributed by atoms with Crippen LogP contribution in [0.25, 0.3) is 0 Å². The molecule has 3 rings (SSSR count). The van der Waals surface area contributed by atoms with Gasteiger partial charge in [0.15, 0.2) is 0 Å². The minimum atomic E-state index is -4.14. The van der Waals surface area contributed by atoms with Gasteiger partial charge in [0.2, 0.25) is 11.8 Å². The van der Waals surface area contributed by atoms with Gasteiger partial charge in [-0.05, 0) is 69.0 Å². The lowest BCUT2D eigenvalue weighted by Gasteiger charge is -2.32. The fraction of sp³-hybridized carbons (Fsp3) is 0.333. The number of amides is 2. The molecule has 9 heteroatoms. The molecule has 1 unspecified atom stereocenters. The van der Waals surface area contributed by atoms with Gasteiger partial charge in [-0.1, -0.05) is 72.6 Å². The summed E-state index contributed by atoms with van der Waals surface area (Å²) in [4.78, 5) is 28.3. The fourth-order valence-electron chi connectivity index (χ4n) is 4.18. The van der Waals surface area contributed by atoms with Crippen LogP contribution in [-0.4, -0.2) is 50.8 Å². The monoisotopic (exact) mass is 569 g/mol. The van der Waals surface area contributed by atoms with Crippen molar-refractivity contribution in [3.8, 4) is 0 Å². The Morgan fingerprint density at radius 1 is 0.949 bits per heavy atom. The average Bonchev–Trinajstić information content (AvgIpc) is 2.92. The molecule has 208 valence electrons. The van der Waals surface area contributed by atoms with Crippen molar-refractivity contribution >= 4 is 39.1 Å². The van der Waals surface area contributed by atoms with Gasteiger partial charge in [-0.3, -0.25) is 13.9 Å². The molecule has 0 radical (unpaired) electrons. The minimum Gasteiger partial charge on any atom is -0.354 e. The van der Waals surface area contributed by atoms with Crippen LogP contribution in [0.5, 0.6) is 0 Å². The summed E-state index contributed by atoms with van der Waals surface area (Å²) >= 11 is 6.36. The number of carbonyl (C=O) groups excluding carboxylic acids is 2. The smallest absolute Gasteiger partial charge is 0.264 e. The average molecular weight is 570 g/mol. The summed E-state index contributed by atoms with van der Waals surface area (Å²) in [5, 5.41) is 3.23. The highest BCUT2D eigenvalue weighted by atomic mass is 35.5. The van der Waals surface area contributed by atoms with Gasteiger partial charge < -0.3 is 10.2 Å². The molecule has 0 bridgehead atoms. The Kier molecular flexibility index (Phi) is 10.5. The molecule has 1 atom stereocenters. The number of hydrogen-bond donors (Lipinski definition) is 1. The summed E-state index contributed by atoms with van der Waals surface area (Å²) in [5.74, 6) is -0.773. The Morgan fingerprint density at radius 3 is 2.26 bits per heavy atom. The first kappa shape index (κ1) is 30.2. The Bertz CT molecular complexity index is 1380. The van der Waals surface area contributed by atoms with Crippen LogP contribution in [0.3, 0.4) is 0 Å². The van der Waals surface area contributed by atoms with Gasteiger partial charge in [0.05, 0.1) is 10.6 Å². The van der Waals surface area contributed by atoms with E-state index in [1.54, 1.807) is 44.2 Å². The van der Waals surface area contributed by atoms with Gasteiger partial charge in [-0.2, -0.15) is 0 Å². The first-order chi connectivity index (χ1) is 18.6. The third-order valence-electron chi connectivity index (χ3n) is 6.60. The Morgan fingerprint density at radius 2 is 1.62 bits per heavy atom. The van der Waals surface area contributed by atoms with E-state index in [4.69, 9.17) is 11.6 Å². The van der Waals surface area contributed by atoms with Crippen molar-refractivity contribution in [3.05, 3.63) is 94.5 Å². The van der Waals surface area contributed by atoms with E-state index in [9.17, 15) is 18.0 Å². The summed E-state index contributed by atoms with van der Waals surface area (Å²) in [6.45, 7) is 7.44. The van der Waals surface area contributed by atoms with E-state index in [1.807, 2.05) is 44.2 Å². The van der Waals surface area contributed by atoms with Crippen molar-refractivity contribution in [2.75, 3.05) is 23.9 Å². The SMILES string of the molecule is CCCNC(=O)C(C)N(CCc1ccccc1)C(=O)CN(c1cccc(Cl)c1C)S(=O)(=O)c1ccc(C)cc1. The number of nitrogens with zero attached hydrogens (tertiary/aromatic N) is 2. The number of hydrogen-bond acceptors (Lipinski definition) is 4. The first-order valence-electron chi connectivity index (χ1n) is 13.0. The van der Waals surface area contributed by atoms with Gasteiger partial charge in [0.25, 0.3) is 10.0 Å². The van der Waals surface area contributed by atoms with Crippen LogP contribution in [-0.2, 0) is 26.0 Å². The van der Waals surface area contributed by atoms with E-state index in [-0.39, 0.29) is 17.3 Å². The van der Waals surface area contributed by atoms with Crippen LogP contribution in [0.1, 0.15) is 37.0 Å². The van der Waals surface area contributed by atoms with Crippen molar-refractivity contribution in [1.29, 1.82) is 0 Å². The van der Waals surface area contributed by atoms with E-state index in [1.165, 1.54) is 17.0 Å². The normalized spacial score (nSPS) is 12.0. The lowest BCUT2D eigenvalue weighted by molar-refractivity contribution is -0.138. The molecule has 1 N–H and O–H groups in total. The molecule has 39 heavy (non-hydrogen) atoms. The molecule has 0 fully saturated rings. The standard InChI is InChI=1S/C30H36ClN3O4S/c1-5-19-32-30(36)24(4)33(20-18-25-10-7-6-8-11-25)29(35)21-34(28-13-9-12-27(31)23(28)3)39(37,38)26-16-14-22(2)15-17-26/h6-17,24H,5,18-21H2,1-4H3,(H,32,36). The van der Waals surface area contributed by atoms with Gasteiger partial charge >= 0.3 is 0 Å². The molecule has 0 spiro atoms. The van der Waals surface area contributed by atoms with Gasteiger partial charge in [-0.15, -0.1) is 0 Å². The van der Waals surface area contributed by atoms with E-state index in [0.717, 1.165) is 21.9 Å². The number of benzene rings is 3. The third kappa shape index (κ3) is 7.61. The Hall–Kier alpha value is -3.36. The topological polar surface area (TPSA) is 86.8 Å². The molecule has 0 saturated carbocycles. The number of carbonyl (C=O) groups is 2. The number of anilines is 1. The minimum absolute atomic E-state index is 0.0600. The Balaban J connectivity index is 2.01. The van der Waals surface area contributed by atoms with Crippen molar-refractivity contribution in [2.24, 2.45) is 0 Å². The molecule has 0 aliphatic rings. The van der Waals surface area contributed by atoms with Crippen LogP contribution in [0.4, 0.5) is 5.69 Å². The maximum absolute atomic E-state index is 13.9. The Labute approximate surface area is 236 Å². The molecule has 2 amide bonds. The zero-order chi connectivity index (χ0) is 28.6. The summed E-state index contributed by atoms with van der Waals surface area (Å²) in [6.07, 6.45) is 1.27. The molecular formula is C30H36ClN3O4S. The fourth-order valence-corrected chi connectivity index (χ4v) is 5.82. The number of halogens is 1. The predicted octanol–water partition coefficient (Wildman–Crippen LogP) is 5.14. The quantitative estimate of drug-likeness (QED) is 0.327. The molecule has 0 heterocycles. The van der Waals surface area contributed by atoms with Gasteiger partial charge in [-0.25, -0.2) is 8.42 Å². The molecule has 0 aromatic heterocycles. The summed E-state index contributed by atoms with van der Waals surface area (Å²) < 4.78 is 28.9. The second-order valence-corrected chi connectivity index (χ2v) is 11.8. The second-order valence-electron chi connectivity index (χ2n) is 9.50. The largest absolute Gasteiger partial charge is 0.354 e. The molecule has 3 aromatic carbocycles. The van der Waals surface area contributed by atoms with Crippen LogP contribution >= 0.6 is 11.6 Å². The van der Waals surface area contributed by atoms with Crippen LogP contribution in [0.15, 0.2) is 77.7 Å². The van der Waals surface area contributed by atoms with Crippen molar-refractivity contribution in [2.45, 2.75) is 51.5 Å². The molecule has 0 aliphatic heterocycles. The third-order valence-corrected chi connectivity index (χ3v) is 8.78. The summed E-state index contributed by atoms with van der Waals surface area (Å²) in [6, 6.07) is 20.3. The van der Waals surface area contributed by atoms with Crippen LogP contribution in [0.2, 0.25) is 5.02 Å². The van der Waals surface area contributed by atoms with Gasteiger partial charge in [0.1, 0.15) is 12.6 Å². The number of aryl methyl sites for hydroxylation is 1. The molecular weight excluding hydrogens is 534 g/mol. The van der Waals surface area contributed by atoms with Crippen molar-refractivity contribution in [1.82, 2.24) is 10.2 Å². The lowest BCUT2D eigenvalue weighted by atomic mass is 10.1. The van der Waals surface area contributed by atoms with Gasteiger partial charge in [0, 0.05) is 18.1 Å². The maximum Gasteiger partial charge on any atom is 0.264 e. The van der Waals surface area contributed by atoms with Crippen molar-refractivity contribution < 1.29 is 18.0 Å². The number of rotatable bonds is 12. The van der Waals surface area contributed by atoms with Crippen molar-refractivity contribution in [3.63, 3.8) is 0 Å². The van der Waals surface area contributed by atoms with E-state index >= 15 is 0 Å². The highest BCUT2D eigenvalue weighted by Gasteiger charge is 2.33. The second kappa shape index (κ2) is 13.6. The van der Waals surface area contributed by atoms with Crippen LogP contribution < -0.4 is 9.62 Å². The molecule has 0 saturated heterocycles. The number of nitrogens with one attached hydrogen (secondary N) is 1. The van der Waals surface area contributed by atoms with E-state index in [2.05, 4.69) is 5.32 Å². The predicted molar refractivity (Wildman–Crippen MR) is 157 cm³/mol. The lowest BCUT2D eigenvalue weighted by Crippen LogP contribution is -2.52. The zero-order valence-electron chi connectivity index (χ0n) is 22.9. The zero-order valence-corrected chi connectivity index (χ0v) is 24.4. The van der Waals surface area contributed by atoms with Crippen LogP contribution in [0, 0.1) is 13.8 Å². The first-order valence-corrected chi connectivity index (χ1v) is 14.8. The van der Waals surface area contributed by atoms with E-state index < -0.39 is 28.5 Å². The highest BCUT2D eigenvalue weighted by molar-refractivity contribution is 7.92. The summed E-state index contributed by atoms with van der Waals surface area (Å²) in [5.41, 5.74) is 2.76. The highest BCUT2D eigenvalue weighted by Crippen LogP contribution is 2.31. The molecule has 7 nitrogen and oxygen atoms in total.